The van der Waals surface area contributed by atoms with Crippen molar-refractivity contribution in [2.24, 2.45) is 0 Å². The van der Waals surface area contributed by atoms with Gasteiger partial charge in [-0.1, -0.05) is 12.1 Å². The molecule has 0 fully saturated rings. The number of hydrogen-bond acceptors (Lipinski definition) is 3. The van der Waals surface area contributed by atoms with Gasteiger partial charge in [0.05, 0.1) is 11.3 Å². The number of benzene rings is 2. The van der Waals surface area contributed by atoms with Crippen LogP contribution in [0.1, 0.15) is 15.9 Å². The van der Waals surface area contributed by atoms with E-state index in [0.29, 0.717) is 5.69 Å². The molecule has 0 saturated heterocycles. The zero-order chi connectivity index (χ0) is 14.0. The van der Waals surface area contributed by atoms with Gasteiger partial charge in [0.1, 0.15) is 11.5 Å². The van der Waals surface area contributed by atoms with Gasteiger partial charge in [-0.2, -0.15) is 0 Å². The zero-order valence-electron chi connectivity index (χ0n) is 10.1. The Morgan fingerprint density at radius 3 is 2.63 bits per heavy atom. The van der Waals surface area contributed by atoms with Gasteiger partial charge < -0.3 is 15.5 Å². The predicted molar refractivity (Wildman–Crippen MR) is 76.6 cm³/mol. The maximum Gasteiger partial charge on any atom is 0.259 e. The highest BCUT2D eigenvalue weighted by Gasteiger charge is 2.13. The Morgan fingerprint density at radius 2 is 1.95 bits per heavy atom. The van der Waals surface area contributed by atoms with Gasteiger partial charge >= 0.3 is 0 Å². The molecule has 2 aromatic carbocycles. The van der Waals surface area contributed by atoms with E-state index in [4.69, 9.17) is 0 Å². The molecule has 0 unspecified atom stereocenters. The molecular weight excluding hydrogens is 310 g/mol. The molecule has 0 saturated carbocycles. The lowest BCUT2D eigenvalue weighted by atomic mass is 10.1. The molecule has 0 radical (unpaired) electrons. The number of phenols is 2. The highest BCUT2D eigenvalue weighted by molar-refractivity contribution is 9.10. The summed E-state index contributed by atoms with van der Waals surface area (Å²) in [6, 6.07) is 9.33. The average Bonchev–Trinajstić information content (AvgIpc) is 2.34. The van der Waals surface area contributed by atoms with Crippen molar-refractivity contribution in [1.82, 2.24) is 0 Å². The van der Waals surface area contributed by atoms with Gasteiger partial charge in [0.25, 0.3) is 5.91 Å². The van der Waals surface area contributed by atoms with E-state index in [-0.39, 0.29) is 17.1 Å². The SMILES string of the molecule is Cc1cccc(NC(=O)c2ccc(O)cc2O)c1Br. The molecule has 0 spiro atoms. The fourth-order valence-electron chi connectivity index (χ4n) is 1.65. The molecule has 2 aromatic rings. The van der Waals surface area contributed by atoms with Gasteiger partial charge in [0.2, 0.25) is 0 Å². The number of carbonyl (C=O) groups is 1. The fourth-order valence-corrected chi connectivity index (χ4v) is 2.01. The van der Waals surface area contributed by atoms with E-state index in [9.17, 15) is 15.0 Å². The van der Waals surface area contributed by atoms with Crippen molar-refractivity contribution in [1.29, 1.82) is 0 Å². The normalized spacial score (nSPS) is 10.2. The minimum atomic E-state index is -0.441. The van der Waals surface area contributed by atoms with Crippen molar-refractivity contribution in [3.63, 3.8) is 0 Å². The van der Waals surface area contributed by atoms with E-state index >= 15 is 0 Å². The van der Waals surface area contributed by atoms with Gasteiger partial charge in [0.15, 0.2) is 0 Å². The molecule has 5 heteroatoms. The van der Waals surface area contributed by atoms with Crippen molar-refractivity contribution in [2.75, 3.05) is 5.32 Å². The van der Waals surface area contributed by atoms with Crippen LogP contribution in [0.25, 0.3) is 0 Å². The Morgan fingerprint density at radius 1 is 1.21 bits per heavy atom. The predicted octanol–water partition coefficient (Wildman–Crippen LogP) is 3.42. The van der Waals surface area contributed by atoms with E-state index in [1.165, 1.54) is 12.1 Å². The van der Waals surface area contributed by atoms with E-state index in [1.54, 1.807) is 6.07 Å². The van der Waals surface area contributed by atoms with E-state index in [1.807, 2.05) is 19.1 Å². The number of halogens is 1. The number of phenolic OH excluding ortho intramolecular Hbond substituents is 2. The third-order valence-corrected chi connectivity index (χ3v) is 3.72. The Hall–Kier alpha value is -2.01. The number of aromatic hydroxyl groups is 2. The summed E-state index contributed by atoms with van der Waals surface area (Å²) in [7, 11) is 0. The fraction of sp³-hybridized carbons (Fsp3) is 0.0714. The Bertz CT molecular complexity index is 641. The molecule has 0 atom stereocenters. The Kier molecular flexibility index (Phi) is 3.76. The molecule has 0 aliphatic rings. The number of anilines is 1. The molecule has 0 aliphatic carbocycles. The van der Waals surface area contributed by atoms with E-state index in [2.05, 4.69) is 21.2 Å². The van der Waals surface area contributed by atoms with Gasteiger partial charge in [-0.15, -0.1) is 0 Å². The van der Waals surface area contributed by atoms with Crippen molar-refractivity contribution < 1.29 is 15.0 Å². The van der Waals surface area contributed by atoms with Crippen molar-refractivity contribution >= 4 is 27.5 Å². The smallest absolute Gasteiger partial charge is 0.259 e. The first-order valence-corrected chi connectivity index (χ1v) is 6.37. The van der Waals surface area contributed by atoms with Crippen LogP contribution in [0.4, 0.5) is 5.69 Å². The molecule has 0 aliphatic heterocycles. The first-order valence-electron chi connectivity index (χ1n) is 5.57. The van der Waals surface area contributed by atoms with Crippen molar-refractivity contribution in [3.8, 4) is 11.5 Å². The van der Waals surface area contributed by atoms with Gasteiger partial charge in [0, 0.05) is 10.5 Å². The quantitative estimate of drug-likeness (QED) is 0.793. The summed E-state index contributed by atoms with van der Waals surface area (Å²) in [6.45, 7) is 1.91. The number of nitrogens with one attached hydrogen (secondary N) is 1. The number of rotatable bonds is 2. The van der Waals surface area contributed by atoms with Crippen LogP contribution >= 0.6 is 15.9 Å². The summed E-state index contributed by atoms with van der Waals surface area (Å²) in [5.41, 5.74) is 1.72. The molecule has 3 N–H and O–H groups in total. The van der Waals surface area contributed by atoms with Crippen LogP contribution in [0.5, 0.6) is 11.5 Å². The minimum absolute atomic E-state index is 0.0919. The molecule has 1 amide bonds. The molecule has 0 bridgehead atoms. The number of carbonyl (C=O) groups excluding carboxylic acids is 1. The zero-order valence-corrected chi connectivity index (χ0v) is 11.7. The summed E-state index contributed by atoms with van der Waals surface area (Å²) in [5.74, 6) is -0.795. The third kappa shape index (κ3) is 2.88. The molecule has 0 heterocycles. The second-order valence-electron chi connectivity index (χ2n) is 4.09. The lowest BCUT2D eigenvalue weighted by molar-refractivity contribution is 0.102. The second-order valence-corrected chi connectivity index (χ2v) is 4.89. The van der Waals surface area contributed by atoms with Crippen molar-refractivity contribution in [3.05, 3.63) is 52.0 Å². The number of amides is 1. The summed E-state index contributed by atoms with van der Waals surface area (Å²) in [4.78, 5) is 12.0. The first-order chi connectivity index (χ1) is 8.99. The summed E-state index contributed by atoms with van der Waals surface area (Å²) >= 11 is 3.39. The topological polar surface area (TPSA) is 69.6 Å². The molecular formula is C14H12BrNO3. The lowest BCUT2D eigenvalue weighted by Crippen LogP contribution is -2.12. The minimum Gasteiger partial charge on any atom is -0.508 e. The molecule has 19 heavy (non-hydrogen) atoms. The summed E-state index contributed by atoms with van der Waals surface area (Å²) in [6.07, 6.45) is 0. The first kappa shape index (κ1) is 13.4. The highest BCUT2D eigenvalue weighted by atomic mass is 79.9. The van der Waals surface area contributed by atoms with Crippen LogP contribution < -0.4 is 5.32 Å². The van der Waals surface area contributed by atoms with Gasteiger partial charge in [-0.05, 0) is 46.6 Å². The summed E-state index contributed by atoms with van der Waals surface area (Å²) < 4.78 is 0.793. The highest BCUT2D eigenvalue weighted by Crippen LogP contribution is 2.28. The second kappa shape index (κ2) is 5.32. The van der Waals surface area contributed by atoms with E-state index < -0.39 is 5.91 Å². The molecule has 0 aromatic heterocycles. The van der Waals surface area contributed by atoms with Crippen LogP contribution in [0.2, 0.25) is 0 Å². The van der Waals surface area contributed by atoms with Gasteiger partial charge in [-0.3, -0.25) is 4.79 Å². The van der Waals surface area contributed by atoms with Crippen LogP contribution in [-0.2, 0) is 0 Å². The van der Waals surface area contributed by atoms with Crippen LogP contribution in [0, 0.1) is 6.92 Å². The Labute approximate surface area is 118 Å². The Balaban J connectivity index is 2.28. The van der Waals surface area contributed by atoms with Crippen LogP contribution in [-0.4, -0.2) is 16.1 Å². The lowest BCUT2D eigenvalue weighted by Gasteiger charge is -2.10. The average molecular weight is 322 g/mol. The molecule has 4 nitrogen and oxygen atoms in total. The van der Waals surface area contributed by atoms with Gasteiger partial charge in [-0.25, -0.2) is 0 Å². The van der Waals surface area contributed by atoms with Crippen LogP contribution in [0.15, 0.2) is 40.9 Å². The van der Waals surface area contributed by atoms with Crippen LogP contribution in [0.3, 0.4) is 0 Å². The largest absolute Gasteiger partial charge is 0.508 e. The standard InChI is InChI=1S/C14H12BrNO3/c1-8-3-2-4-11(13(8)15)16-14(19)10-6-5-9(17)7-12(10)18/h2-7,17-18H,1H3,(H,16,19). The van der Waals surface area contributed by atoms with E-state index in [0.717, 1.165) is 16.1 Å². The maximum atomic E-state index is 12.0. The monoisotopic (exact) mass is 321 g/mol. The van der Waals surface area contributed by atoms with Crippen molar-refractivity contribution in [2.45, 2.75) is 6.92 Å². The molecule has 2 rings (SSSR count). The number of aryl methyl sites for hydroxylation is 1. The third-order valence-electron chi connectivity index (χ3n) is 2.67. The molecule has 98 valence electrons. The number of hydrogen-bond donors (Lipinski definition) is 3. The summed E-state index contributed by atoms with van der Waals surface area (Å²) in [5, 5.41) is 21.5. The maximum absolute atomic E-state index is 12.0.